The lowest BCUT2D eigenvalue weighted by molar-refractivity contribution is -0.287. The van der Waals surface area contributed by atoms with E-state index >= 15 is 0 Å². The molecule has 2 aromatic carbocycles. The quantitative estimate of drug-likeness (QED) is 0.609. The summed E-state index contributed by atoms with van der Waals surface area (Å²) in [7, 11) is 0. The van der Waals surface area contributed by atoms with Crippen molar-refractivity contribution in [2.24, 2.45) is 5.92 Å². The Bertz CT molecular complexity index is 945. The molecule has 3 rings (SSSR count). The highest BCUT2D eigenvalue weighted by Gasteiger charge is 2.66. The fourth-order valence-electron chi connectivity index (χ4n) is 3.50. The van der Waals surface area contributed by atoms with Crippen LogP contribution < -0.4 is 10.6 Å². The van der Waals surface area contributed by atoms with Gasteiger partial charge in [0.1, 0.15) is 5.92 Å². The Kier molecular flexibility index (Phi) is 5.84. The van der Waals surface area contributed by atoms with Gasteiger partial charge < -0.3 is 15.7 Å². The van der Waals surface area contributed by atoms with Crippen molar-refractivity contribution in [2.75, 3.05) is 0 Å². The number of Topliss-reactive ketones (excluding diaryl/α,β-unsaturated/α-hetero) is 1. The Labute approximate surface area is 176 Å². The number of ketones is 1. The van der Waals surface area contributed by atoms with E-state index in [1.54, 1.807) is 24.3 Å². The monoisotopic (exact) mass is 440 g/mol. The molecule has 3 N–H and O–H groups in total. The summed E-state index contributed by atoms with van der Waals surface area (Å²) >= 11 is 5.80. The van der Waals surface area contributed by atoms with Crippen LogP contribution in [0.15, 0.2) is 48.5 Å². The minimum Gasteiger partial charge on any atom is -0.363 e. The van der Waals surface area contributed by atoms with Crippen molar-refractivity contribution in [3.8, 4) is 0 Å². The Morgan fingerprint density at radius 2 is 1.67 bits per heavy atom. The number of benzene rings is 2. The fourth-order valence-corrected chi connectivity index (χ4v) is 3.62. The summed E-state index contributed by atoms with van der Waals surface area (Å²) in [6, 6.07) is 9.16. The van der Waals surface area contributed by atoms with E-state index in [1.165, 1.54) is 29.6 Å². The number of nitrogens with one attached hydrogen (secondary N) is 2. The first-order valence-electron chi connectivity index (χ1n) is 9.21. The van der Waals surface area contributed by atoms with Crippen molar-refractivity contribution in [1.82, 2.24) is 10.6 Å². The molecule has 9 heteroatoms. The number of hydrogen-bond acceptors (Lipinski definition) is 3. The van der Waals surface area contributed by atoms with Gasteiger partial charge in [0.2, 0.25) is 5.72 Å². The molecule has 1 aliphatic rings. The number of amides is 2. The van der Waals surface area contributed by atoms with Crippen molar-refractivity contribution >= 4 is 23.4 Å². The Morgan fingerprint density at radius 1 is 1.10 bits per heavy atom. The van der Waals surface area contributed by atoms with Crippen LogP contribution in [0, 0.1) is 5.92 Å². The van der Waals surface area contributed by atoms with Gasteiger partial charge in [-0.3, -0.25) is 4.79 Å². The first kappa shape index (κ1) is 22.1. The molecular formula is C21H20ClF3N2O3. The molecule has 1 saturated heterocycles. The molecule has 5 nitrogen and oxygen atoms in total. The van der Waals surface area contributed by atoms with E-state index in [4.69, 9.17) is 11.6 Å². The summed E-state index contributed by atoms with van der Waals surface area (Å²) < 4.78 is 41.6. The number of alkyl halides is 3. The number of halogens is 4. The molecule has 0 spiro atoms. The van der Waals surface area contributed by atoms with Gasteiger partial charge in [0.15, 0.2) is 5.78 Å². The third kappa shape index (κ3) is 4.02. The number of carbonyl (C=O) groups is 2. The van der Waals surface area contributed by atoms with E-state index < -0.39 is 35.7 Å². The maximum atomic E-state index is 13.9. The number of carbonyl (C=O) groups excluding carboxylic acids is 2. The van der Waals surface area contributed by atoms with Gasteiger partial charge >= 0.3 is 12.2 Å². The molecule has 0 radical (unpaired) electrons. The number of urea groups is 1. The van der Waals surface area contributed by atoms with E-state index in [2.05, 4.69) is 5.32 Å². The first-order valence-corrected chi connectivity index (χ1v) is 9.59. The van der Waals surface area contributed by atoms with Crippen LogP contribution in [0.4, 0.5) is 18.0 Å². The summed E-state index contributed by atoms with van der Waals surface area (Å²) in [6.07, 6.45) is -5.30. The minimum atomic E-state index is -5.30. The highest BCUT2D eigenvalue weighted by atomic mass is 35.5. The Balaban J connectivity index is 2.13. The van der Waals surface area contributed by atoms with E-state index in [0.717, 1.165) is 5.56 Å². The molecule has 1 aliphatic heterocycles. The van der Waals surface area contributed by atoms with Gasteiger partial charge in [-0.1, -0.05) is 49.7 Å². The zero-order valence-corrected chi connectivity index (χ0v) is 16.9. The predicted molar refractivity (Wildman–Crippen MR) is 105 cm³/mol. The van der Waals surface area contributed by atoms with Crippen molar-refractivity contribution in [3.05, 3.63) is 70.2 Å². The molecule has 0 bridgehead atoms. The van der Waals surface area contributed by atoms with E-state index in [0.29, 0.717) is 5.02 Å². The summed E-state index contributed by atoms with van der Waals surface area (Å²) in [5.41, 5.74) is -2.63. The maximum absolute atomic E-state index is 13.9. The van der Waals surface area contributed by atoms with E-state index in [-0.39, 0.29) is 17.0 Å². The minimum absolute atomic E-state index is 0.0752. The molecule has 0 unspecified atom stereocenters. The normalized spacial score (nSPS) is 24.3. The standard InChI is InChI=1S/C21H20ClF3N2O3/c1-11(2)12-3-5-13(6-4-12)17-16(18(28)14-7-9-15(22)10-8-14)20(30,21(23,24)25)27-19(29)26-17/h3-11,16-17,30H,1-2H3,(H2,26,27,29)/t16-,17+,20+/m1/s1. The number of aliphatic hydroxyl groups is 1. The zero-order chi connectivity index (χ0) is 22.3. The molecule has 160 valence electrons. The van der Waals surface area contributed by atoms with Crippen molar-refractivity contribution in [2.45, 2.75) is 37.7 Å². The van der Waals surface area contributed by atoms with Crippen LogP contribution in [0.2, 0.25) is 5.02 Å². The van der Waals surface area contributed by atoms with Crippen LogP contribution in [0.3, 0.4) is 0 Å². The lowest BCUT2D eigenvalue weighted by atomic mass is 9.77. The maximum Gasteiger partial charge on any atom is 0.437 e. The van der Waals surface area contributed by atoms with Gasteiger partial charge in [0, 0.05) is 10.6 Å². The van der Waals surface area contributed by atoms with Gasteiger partial charge in [-0.15, -0.1) is 0 Å². The lowest BCUT2D eigenvalue weighted by Gasteiger charge is -2.45. The summed E-state index contributed by atoms with van der Waals surface area (Å²) in [4.78, 5) is 25.2. The molecule has 0 saturated carbocycles. The summed E-state index contributed by atoms with van der Waals surface area (Å²) in [5.74, 6) is -2.88. The van der Waals surface area contributed by atoms with Gasteiger partial charge in [-0.25, -0.2) is 4.79 Å². The molecule has 3 atom stereocenters. The highest BCUT2D eigenvalue weighted by Crippen LogP contribution is 2.44. The van der Waals surface area contributed by atoms with Crippen molar-refractivity contribution in [1.29, 1.82) is 0 Å². The molecule has 1 heterocycles. The van der Waals surface area contributed by atoms with Crippen molar-refractivity contribution < 1.29 is 27.9 Å². The van der Waals surface area contributed by atoms with Crippen LogP contribution in [-0.4, -0.2) is 28.8 Å². The third-order valence-electron chi connectivity index (χ3n) is 5.18. The molecule has 0 aliphatic carbocycles. The second kappa shape index (κ2) is 7.92. The van der Waals surface area contributed by atoms with Crippen molar-refractivity contribution in [3.63, 3.8) is 0 Å². The summed E-state index contributed by atoms with van der Waals surface area (Å²) in [5, 5.41) is 14.7. The van der Waals surface area contributed by atoms with Gasteiger partial charge in [0.25, 0.3) is 0 Å². The van der Waals surface area contributed by atoms with Crippen LogP contribution in [-0.2, 0) is 0 Å². The van der Waals surface area contributed by atoms with Crippen LogP contribution in [0.25, 0.3) is 0 Å². The zero-order valence-electron chi connectivity index (χ0n) is 16.1. The Morgan fingerprint density at radius 3 is 2.17 bits per heavy atom. The van der Waals surface area contributed by atoms with E-state index in [1.807, 2.05) is 13.8 Å². The highest BCUT2D eigenvalue weighted by molar-refractivity contribution is 6.30. The second-order valence-electron chi connectivity index (χ2n) is 7.51. The smallest absolute Gasteiger partial charge is 0.363 e. The average Bonchev–Trinajstić information content (AvgIpc) is 2.66. The van der Waals surface area contributed by atoms with Gasteiger partial charge in [-0.05, 0) is 41.3 Å². The van der Waals surface area contributed by atoms with E-state index in [9.17, 15) is 27.9 Å². The largest absolute Gasteiger partial charge is 0.437 e. The summed E-state index contributed by atoms with van der Waals surface area (Å²) in [6.45, 7) is 3.91. The third-order valence-corrected chi connectivity index (χ3v) is 5.43. The molecule has 30 heavy (non-hydrogen) atoms. The number of hydrogen-bond donors (Lipinski definition) is 3. The SMILES string of the molecule is CC(C)c1ccc([C@@H]2NC(=O)N[C@@](O)(C(F)(F)F)[C@H]2C(=O)c2ccc(Cl)cc2)cc1. The molecule has 2 amide bonds. The predicted octanol–water partition coefficient (Wildman–Crippen LogP) is 4.57. The molecule has 2 aromatic rings. The lowest BCUT2D eigenvalue weighted by Crippen LogP contribution is -2.72. The van der Waals surface area contributed by atoms with Gasteiger partial charge in [-0.2, -0.15) is 13.2 Å². The Hall–Kier alpha value is -2.58. The topological polar surface area (TPSA) is 78.4 Å². The van der Waals surface area contributed by atoms with Crippen LogP contribution in [0.1, 0.15) is 47.3 Å². The van der Waals surface area contributed by atoms with Crippen LogP contribution in [0.5, 0.6) is 0 Å². The molecule has 0 aromatic heterocycles. The fraction of sp³-hybridized carbons (Fsp3) is 0.333. The second-order valence-corrected chi connectivity index (χ2v) is 7.95. The number of rotatable bonds is 4. The first-order chi connectivity index (χ1) is 13.9. The van der Waals surface area contributed by atoms with Crippen LogP contribution >= 0.6 is 11.6 Å². The molecular weight excluding hydrogens is 421 g/mol. The average molecular weight is 441 g/mol. The van der Waals surface area contributed by atoms with Gasteiger partial charge in [0.05, 0.1) is 6.04 Å². The molecule has 1 fully saturated rings.